The number of halogens is 1. The minimum atomic E-state index is 0.501. The van der Waals surface area contributed by atoms with Gasteiger partial charge in [0.25, 0.3) is 0 Å². The minimum Gasteiger partial charge on any atom is -0.489 e. The molecule has 0 radical (unpaired) electrons. The van der Waals surface area contributed by atoms with E-state index in [4.69, 9.17) is 15.2 Å². The summed E-state index contributed by atoms with van der Waals surface area (Å²) in [7, 11) is 1.71. The van der Waals surface area contributed by atoms with Crippen molar-refractivity contribution < 1.29 is 9.47 Å². The van der Waals surface area contributed by atoms with Gasteiger partial charge in [-0.2, -0.15) is 0 Å². The van der Waals surface area contributed by atoms with E-state index in [1.165, 1.54) is 5.56 Å². The molecule has 20 heavy (non-hydrogen) atoms. The summed E-state index contributed by atoms with van der Waals surface area (Å²) >= 11 is 3.43. The summed E-state index contributed by atoms with van der Waals surface area (Å²) in [6.07, 6.45) is 0.916. The van der Waals surface area contributed by atoms with Crippen molar-refractivity contribution in [3.63, 3.8) is 0 Å². The molecule has 0 saturated carbocycles. The second-order valence-corrected chi connectivity index (χ2v) is 5.48. The molecule has 0 heterocycles. The van der Waals surface area contributed by atoms with Crippen molar-refractivity contribution in [2.45, 2.75) is 13.0 Å². The highest BCUT2D eigenvalue weighted by atomic mass is 79.9. The largest absolute Gasteiger partial charge is 0.489 e. The molecule has 0 aliphatic rings. The highest BCUT2D eigenvalue weighted by Gasteiger charge is 2.00. The maximum atomic E-state index is 5.80. The topological polar surface area (TPSA) is 44.5 Å². The quantitative estimate of drug-likeness (QED) is 0.816. The number of nitrogen functional groups attached to an aromatic ring is 1. The lowest BCUT2D eigenvalue weighted by Gasteiger charge is -2.08. The smallest absolute Gasteiger partial charge is 0.119 e. The molecule has 2 aromatic carbocycles. The van der Waals surface area contributed by atoms with Crippen molar-refractivity contribution in [2.24, 2.45) is 0 Å². The third kappa shape index (κ3) is 4.54. The zero-order valence-electron chi connectivity index (χ0n) is 11.4. The Hall–Kier alpha value is -1.52. The molecule has 0 spiro atoms. The third-order valence-corrected chi connectivity index (χ3v) is 3.36. The van der Waals surface area contributed by atoms with Crippen LogP contribution in [0.4, 0.5) is 5.69 Å². The zero-order valence-corrected chi connectivity index (χ0v) is 13.0. The lowest BCUT2D eigenvalue weighted by atomic mass is 10.1. The van der Waals surface area contributed by atoms with Crippen molar-refractivity contribution in [1.82, 2.24) is 0 Å². The molecule has 3 nitrogen and oxygen atoms in total. The van der Waals surface area contributed by atoms with Gasteiger partial charge in [-0.05, 0) is 47.9 Å². The van der Waals surface area contributed by atoms with Crippen LogP contribution in [0, 0.1) is 0 Å². The van der Waals surface area contributed by atoms with E-state index in [1.807, 2.05) is 30.3 Å². The van der Waals surface area contributed by atoms with E-state index in [2.05, 4.69) is 28.1 Å². The van der Waals surface area contributed by atoms with Crippen LogP contribution in [0.1, 0.15) is 11.1 Å². The van der Waals surface area contributed by atoms with Crippen molar-refractivity contribution in [1.29, 1.82) is 0 Å². The van der Waals surface area contributed by atoms with Crippen molar-refractivity contribution in [3.8, 4) is 5.75 Å². The Morgan fingerprint density at radius 1 is 1.05 bits per heavy atom. The van der Waals surface area contributed by atoms with Gasteiger partial charge in [0.1, 0.15) is 12.4 Å². The summed E-state index contributed by atoms with van der Waals surface area (Å²) in [5.74, 6) is 0.852. The number of nitrogens with two attached hydrogens (primary N) is 1. The lowest BCUT2D eigenvalue weighted by molar-refractivity contribution is 0.202. The molecule has 0 bridgehead atoms. The van der Waals surface area contributed by atoms with Gasteiger partial charge in [-0.15, -0.1) is 0 Å². The van der Waals surface area contributed by atoms with Gasteiger partial charge in [0.2, 0.25) is 0 Å². The first kappa shape index (κ1) is 14.9. The van der Waals surface area contributed by atoms with Crippen LogP contribution in [0.2, 0.25) is 0 Å². The van der Waals surface area contributed by atoms with E-state index in [0.717, 1.165) is 34.5 Å². The Bertz CT molecular complexity index is 535. The monoisotopic (exact) mass is 335 g/mol. The fourth-order valence-electron chi connectivity index (χ4n) is 1.90. The van der Waals surface area contributed by atoms with Crippen LogP contribution in [0.25, 0.3) is 0 Å². The molecule has 0 aromatic heterocycles. The second kappa shape index (κ2) is 7.31. The number of benzene rings is 2. The Morgan fingerprint density at radius 2 is 1.80 bits per heavy atom. The lowest BCUT2D eigenvalue weighted by Crippen LogP contribution is -1.98. The fourth-order valence-corrected chi connectivity index (χ4v) is 2.46. The zero-order chi connectivity index (χ0) is 14.4. The van der Waals surface area contributed by atoms with Gasteiger partial charge < -0.3 is 15.2 Å². The maximum Gasteiger partial charge on any atom is 0.119 e. The molecule has 2 N–H and O–H groups in total. The number of ether oxygens (including phenoxy) is 2. The van der Waals surface area contributed by atoms with Gasteiger partial charge in [0.05, 0.1) is 6.61 Å². The summed E-state index contributed by atoms with van der Waals surface area (Å²) in [6, 6.07) is 13.9. The summed E-state index contributed by atoms with van der Waals surface area (Å²) < 4.78 is 11.8. The van der Waals surface area contributed by atoms with Crippen LogP contribution in [0.3, 0.4) is 0 Å². The van der Waals surface area contributed by atoms with E-state index < -0.39 is 0 Å². The molecule has 4 heteroatoms. The van der Waals surface area contributed by atoms with Gasteiger partial charge in [-0.1, -0.05) is 28.1 Å². The first-order valence-corrected chi connectivity index (χ1v) is 7.22. The number of hydrogen-bond acceptors (Lipinski definition) is 3. The van der Waals surface area contributed by atoms with E-state index in [-0.39, 0.29) is 0 Å². The Kier molecular flexibility index (Phi) is 5.44. The van der Waals surface area contributed by atoms with Crippen molar-refractivity contribution >= 4 is 21.6 Å². The van der Waals surface area contributed by atoms with Gasteiger partial charge in [-0.25, -0.2) is 0 Å². The van der Waals surface area contributed by atoms with Gasteiger partial charge in [0, 0.05) is 17.3 Å². The van der Waals surface area contributed by atoms with Gasteiger partial charge in [-0.3, -0.25) is 0 Å². The van der Waals surface area contributed by atoms with Crippen LogP contribution in [0.15, 0.2) is 46.9 Å². The average Bonchev–Trinajstić information content (AvgIpc) is 2.43. The van der Waals surface area contributed by atoms with Gasteiger partial charge >= 0.3 is 0 Å². The number of methoxy groups -OCH3 is 1. The first-order valence-electron chi connectivity index (χ1n) is 6.43. The molecule has 0 fully saturated rings. The predicted molar refractivity (Wildman–Crippen MR) is 84.9 cm³/mol. The summed E-state index contributed by atoms with van der Waals surface area (Å²) in [5.41, 5.74) is 8.81. The van der Waals surface area contributed by atoms with Crippen molar-refractivity contribution in [3.05, 3.63) is 58.1 Å². The molecule has 0 saturated heterocycles. The minimum absolute atomic E-state index is 0.501. The number of anilines is 1. The van der Waals surface area contributed by atoms with Crippen LogP contribution in [0.5, 0.6) is 5.75 Å². The molecule has 0 amide bonds. The van der Waals surface area contributed by atoms with Crippen molar-refractivity contribution in [2.75, 3.05) is 19.5 Å². The fraction of sp³-hybridized carbons (Fsp3) is 0.250. The molecular weight excluding hydrogens is 318 g/mol. The number of rotatable bonds is 6. The van der Waals surface area contributed by atoms with E-state index in [0.29, 0.717) is 6.61 Å². The highest BCUT2D eigenvalue weighted by molar-refractivity contribution is 9.10. The summed E-state index contributed by atoms with van der Waals surface area (Å²) in [4.78, 5) is 0. The highest BCUT2D eigenvalue weighted by Crippen LogP contribution is 2.19. The average molecular weight is 336 g/mol. The Labute approximate surface area is 127 Å². The molecule has 0 atom stereocenters. The first-order chi connectivity index (χ1) is 9.67. The molecule has 2 aromatic rings. The van der Waals surface area contributed by atoms with E-state index in [9.17, 15) is 0 Å². The standard InChI is InChI=1S/C16H18BrNO2/c1-19-7-6-12-2-4-16(5-3-12)20-11-13-8-14(17)10-15(18)9-13/h2-5,8-10H,6-7,11,18H2,1H3. The SMILES string of the molecule is COCCc1ccc(OCc2cc(N)cc(Br)c2)cc1. The third-order valence-electron chi connectivity index (χ3n) is 2.90. The molecule has 2 rings (SSSR count). The van der Waals surface area contributed by atoms with Crippen LogP contribution in [-0.4, -0.2) is 13.7 Å². The molecule has 106 valence electrons. The maximum absolute atomic E-state index is 5.80. The van der Waals surface area contributed by atoms with Crippen LogP contribution < -0.4 is 10.5 Å². The predicted octanol–water partition coefficient (Wildman–Crippen LogP) is 3.80. The van der Waals surface area contributed by atoms with Crippen LogP contribution in [-0.2, 0) is 17.8 Å². The molecular formula is C16H18BrNO2. The Morgan fingerprint density at radius 3 is 2.45 bits per heavy atom. The second-order valence-electron chi connectivity index (χ2n) is 4.57. The van der Waals surface area contributed by atoms with E-state index >= 15 is 0 Å². The molecule has 0 unspecified atom stereocenters. The normalized spacial score (nSPS) is 10.5. The Balaban J connectivity index is 1.93. The van der Waals surface area contributed by atoms with E-state index in [1.54, 1.807) is 7.11 Å². The summed E-state index contributed by atoms with van der Waals surface area (Å²) in [5, 5.41) is 0. The molecule has 0 aliphatic carbocycles. The number of hydrogen-bond donors (Lipinski definition) is 1. The summed E-state index contributed by atoms with van der Waals surface area (Å²) in [6.45, 7) is 1.23. The van der Waals surface area contributed by atoms with Crippen LogP contribution >= 0.6 is 15.9 Å². The molecule has 0 aliphatic heterocycles. The van der Waals surface area contributed by atoms with Gasteiger partial charge in [0.15, 0.2) is 0 Å².